The zero-order valence-electron chi connectivity index (χ0n) is 11.5. The van der Waals surface area contributed by atoms with Crippen LogP contribution in [0.1, 0.15) is 22.7 Å². The average Bonchev–Trinajstić information content (AvgIpc) is 2.53. The molecule has 1 unspecified atom stereocenters. The van der Waals surface area contributed by atoms with Gasteiger partial charge in [0.2, 0.25) is 0 Å². The van der Waals surface area contributed by atoms with E-state index in [0.717, 1.165) is 12.0 Å². The van der Waals surface area contributed by atoms with E-state index in [2.05, 4.69) is 30.3 Å². The number of hydrogen-bond donors (Lipinski definition) is 0. The van der Waals surface area contributed by atoms with E-state index < -0.39 is 0 Å². The Morgan fingerprint density at radius 2 is 1.80 bits per heavy atom. The van der Waals surface area contributed by atoms with Gasteiger partial charge in [0.1, 0.15) is 0 Å². The molecule has 20 heavy (non-hydrogen) atoms. The number of hydrogen-bond acceptors (Lipinski definition) is 2. The first-order valence-corrected chi connectivity index (χ1v) is 6.78. The van der Waals surface area contributed by atoms with Crippen molar-refractivity contribution in [2.75, 3.05) is 13.7 Å². The van der Waals surface area contributed by atoms with Crippen LogP contribution < -0.4 is 0 Å². The van der Waals surface area contributed by atoms with E-state index >= 15 is 0 Å². The molecular weight excluding hydrogens is 250 g/mol. The number of carbonyl (C=O) groups excluding carboxylic acids is 1. The van der Waals surface area contributed by atoms with E-state index in [1.54, 1.807) is 4.90 Å². The fraction of sp³-hybridized carbons (Fsp3) is 0.235. The molecule has 3 rings (SSSR count). The van der Waals surface area contributed by atoms with Gasteiger partial charge in [-0.3, -0.25) is 4.90 Å². The van der Waals surface area contributed by atoms with Crippen LogP contribution in [-0.4, -0.2) is 24.6 Å². The Labute approximate surface area is 118 Å². The highest BCUT2D eigenvalue weighted by molar-refractivity contribution is 5.70. The second kappa shape index (κ2) is 5.37. The van der Waals surface area contributed by atoms with Crippen LogP contribution in [0.4, 0.5) is 4.79 Å². The lowest BCUT2D eigenvalue weighted by atomic mass is 9.88. The highest BCUT2D eigenvalue weighted by Gasteiger charge is 2.32. The van der Waals surface area contributed by atoms with E-state index in [4.69, 9.17) is 4.74 Å². The van der Waals surface area contributed by atoms with Crippen molar-refractivity contribution >= 4 is 6.09 Å². The van der Waals surface area contributed by atoms with Crippen LogP contribution >= 0.6 is 0 Å². The normalized spacial score (nSPS) is 17.4. The number of ether oxygens (including phenoxy) is 1. The molecule has 1 amide bonds. The largest absolute Gasteiger partial charge is 0.453 e. The summed E-state index contributed by atoms with van der Waals surface area (Å²) >= 11 is 0. The van der Waals surface area contributed by atoms with E-state index in [1.807, 2.05) is 24.3 Å². The number of carbonyl (C=O) groups is 1. The van der Waals surface area contributed by atoms with Crippen LogP contribution in [0.3, 0.4) is 0 Å². The molecule has 0 N–H and O–H groups in total. The van der Waals surface area contributed by atoms with Gasteiger partial charge in [-0.15, -0.1) is 0 Å². The Kier molecular flexibility index (Phi) is 3.42. The molecule has 0 saturated carbocycles. The van der Waals surface area contributed by atoms with Crippen molar-refractivity contribution in [2.24, 2.45) is 0 Å². The average molecular weight is 267 g/mol. The predicted octanol–water partition coefficient (Wildman–Crippen LogP) is 3.40. The second-order valence-electron chi connectivity index (χ2n) is 4.93. The third-order valence-corrected chi connectivity index (χ3v) is 3.81. The predicted molar refractivity (Wildman–Crippen MR) is 77.5 cm³/mol. The molecule has 1 heterocycles. The molecule has 0 radical (unpaired) electrons. The number of rotatable bonds is 1. The maximum absolute atomic E-state index is 12.1. The quantitative estimate of drug-likeness (QED) is 0.792. The molecule has 0 aliphatic carbocycles. The molecule has 1 aliphatic rings. The summed E-state index contributed by atoms with van der Waals surface area (Å²) in [5.41, 5.74) is 3.61. The minimum atomic E-state index is -0.270. The minimum Gasteiger partial charge on any atom is -0.453 e. The summed E-state index contributed by atoms with van der Waals surface area (Å²) in [5, 5.41) is 0. The van der Waals surface area contributed by atoms with Gasteiger partial charge >= 0.3 is 6.09 Å². The fourth-order valence-electron chi connectivity index (χ4n) is 2.88. The third kappa shape index (κ3) is 2.16. The highest BCUT2D eigenvalue weighted by Crippen LogP contribution is 2.35. The minimum absolute atomic E-state index is 0.0615. The smallest absolute Gasteiger partial charge is 0.410 e. The summed E-state index contributed by atoms with van der Waals surface area (Å²) in [4.78, 5) is 13.9. The van der Waals surface area contributed by atoms with Crippen molar-refractivity contribution in [3.63, 3.8) is 0 Å². The Morgan fingerprint density at radius 1 is 1.10 bits per heavy atom. The van der Waals surface area contributed by atoms with Crippen LogP contribution in [0.15, 0.2) is 54.6 Å². The maximum Gasteiger partial charge on any atom is 0.410 e. The molecule has 0 fully saturated rings. The van der Waals surface area contributed by atoms with Crippen LogP contribution in [0.5, 0.6) is 0 Å². The molecule has 0 spiro atoms. The van der Waals surface area contributed by atoms with Crippen LogP contribution in [0.2, 0.25) is 0 Å². The zero-order chi connectivity index (χ0) is 13.9. The van der Waals surface area contributed by atoms with Gasteiger partial charge in [0.15, 0.2) is 0 Å². The molecule has 3 heteroatoms. The van der Waals surface area contributed by atoms with Gasteiger partial charge in [0.25, 0.3) is 0 Å². The Balaban J connectivity index is 2.10. The number of nitrogens with zero attached hydrogens (tertiary/aromatic N) is 1. The lowest BCUT2D eigenvalue weighted by Crippen LogP contribution is -2.40. The van der Waals surface area contributed by atoms with Gasteiger partial charge < -0.3 is 4.74 Å². The van der Waals surface area contributed by atoms with Gasteiger partial charge in [-0.05, 0) is 23.1 Å². The lowest BCUT2D eigenvalue weighted by molar-refractivity contribution is 0.109. The van der Waals surface area contributed by atoms with E-state index in [0.29, 0.717) is 6.54 Å². The summed E-state index contributed by atoms with van der Waals surface area (Å²) in [6.07, 6.45) is 0.600. The molecule has 0 bridgehead atoms. The molecule has 0 saturated heterocycles. The number of fused-ring (bicyclic) bond motifs is 1. The molecule has 1 atom stereocenters. The zero-order valence-corrected chi connectivity index (χ0v) is 11.5. The number of amides is 1. The molecule has 102 valence electrons. The first kappa shape index (κ1) is 12.7. The van der Waals surface area contributed by atoms with Crippen LogP contribution in [0, 0.1) is 0 Å². The van der Waals surface area contributed by atoms with Crippen molar-refractivity contribution < 1.29 is 9.53 Å². The van der Waals surface area contributed by atoms with Gasteiger partial charge in [-0.1, -0.05) is 54.6 Å². The summed E-state index contributed by atoms with van der Waals surface area (Å²) in [5.74, 6) is 0. The van der Waals surface area contributed by atoms with Crippen molar-refractivity contribution in [3.05, 3.63) is 71.3 Å². The first-order valence-electron chi connectivity index (χ1n) is 6.78. The lowest BCUT2D eigenvalue weighted by Gasteiger charge is -2.36. The van der Waals surface area contributed by atoms with E-state index in [-0.39, 0.29) is 12.1 Å². The highest BCUT2D eigenvalue weighted by atomic mass is 16.5. The van der Waals surface area contributed by atoms with Gasteiger partial charge in [-0.2, -0.15) is 0 Å². The molecule has 1 aliphatic heterocycles. The molecular formula is C17H17NO2. The molecule has 2 aromatic carbocycles. The van der Waals surface area contributed by atoms with Gasteiger partial charge in [-0.25, -0.2) is 4.79 Å². The van der Waals surface area contributed by atoms with Crippen molar-refractivity contribution in [1.29, 1.82) is 0 Å². The van der Waals surface area contributed by atoms with Gasteiger partial charge in [0.05, 0.1) is 13.2 Å². The monoisotopic (exact) mass is 267 g/mol. The van der Waals surface area contributed by atoms with Crippen LogP contribution in [0.25, 0.3) is 0 Å². The van der Waals surface area contributed by atoms with E-state index in [9.17, 15) is 4.79 Å². The molecule has 3 nitrogen and oxygen atoms in total. The second-order valence-corrected chi connectivity index (χ2v) is 4.93. The maximum atomic E-state index is 12.1. The van der Waals surface area contributed by atoms with Crippen molar-refractivity contribution in [1.82, 2.24) is 4.90 Å². The molecule has 0 aromatic heterocycles. The summed E-state index contributed by atoms with van der Waals surface area (Å²) in [7, 11) is 1.44. The SMILES string of the molecule is COC(=O)N1CCc2ccccc2C1c1ccccc1. The Morgan fingerprint density at radius 3 is 2.55 bits per heavy atom. The topological polar surface area (TPSA) is 29.5 Å². The van der Waals surface area contributed by atoms with Crippen LogP contribution in [-0.2, 0) is 11.2 Å². The van der Waals surface area contributed by atoms with Gasteiger partial charge in [0, 0.05) is 6.54 Å². The summed E-state index contributed by atoms with van der Waals surface area (Å²) in [6.45, 7) is 0.684. The standard InChI is InChI=1S/C17H17NO2/c1-20-17(19)18-12-11-13-7-5-6-10-15(13)16(18)14-8-3-2-4-9-14/h2-10,16H,11-12H2,1H3. The third-order valence-electron chi connectivity index (χ3n) is 3.81. The fourth-order valence-corrected chi connectivity index (χ4v) is 2.88. The first-order chi connectivity index (χ1) is 9.81. The number of methoxy groups -OCH3 is 1. The van der Waals surface area contributed by atoms with E-state index in [1.165, 1.54) is 18.2 Å². The van der Waals surface area contributed by atoms with Crippen molar-refractivity contribution in [3.8, 4) is 0 Å². The molecule has 2 aromatic rings. The summed E-state index contributed by atoms with van der Waals surface area (Å²) in [6, 6.07) is 18.4. The Bertz CT molecular complexity index is 609. The Hall–Kier alpha value is -2.29. The summed E-state index contributed by atoms with van der Waals surface area (Å²) < 4.78 is 4.94. The van der Waals surface area contributed by atoms with Crippen molar-refractivity contribution in [2.45, 2.75) is 12.5 Å². The number of benzene rings is 2.